The Labute approximate surface area is 280 Å². The molecule has 9 atom stereocenters. The van der Waals surface area contributed by atoms with Crippen LogP contribution in [-0.2, 0) is 43.0 Å². The maximum Gasteiger partial charge on any atom is 0.332 e. The van der Waals surface area contributed by atoms with Gasteiger partial charge in [0.05, 0.1) is 6.10 Å². The second kappa shape index (κ2) is 17.8. The highest BCUT2D eigenvalue weighted by Gasteiger charge is 2.46. The fraction of sp³-hybridized carbons (Fsp3) is 0.824. The lowest BCUT2D eigenvalue weighted by atomic mass is 9.95. The first-order valence-corrected chi connectivity index (χ1v) is 16.7. The van der Waals surface area contributed by atoms with E-state index in [-0.39, 0.29) is 0 Å². The Bertz CT molecular complexity index is 1110. The molecule has 1 rings (SSSR count). The number of nitrogens with zero attached hydrogens (tertiary/aromatic N) is 3. The van der Waals surface area contributed by atoms with Gasteiger partial charge in [-0.05, 0) is 36.5 Å². The van der Waals surface area contributed by atoms with Gasteiger partial charge in [0.2, 0.25) is 0 Å². The Hall–Kier alpha value is -3.22. The molecule has 3 amide bonds. The highest BCUT2D eigenvalue weighted by molar-refractivity contribution is 5.94. The molecule has 0 aliphatic carbocycles. The second-order valence-electron chi connectivity index (χ2n) is 14.0. The highest BCUT2D eigenvalue weighted by Crippen LogP contribution is 2.26. The maximum atomic E-state index is 14.0. The fourth-order valence-electron chi connectivity index (χ4n) is 5.68. The number of esters is 3. The predicted octanol–water partition coefficient (Wildman–Crippen LogP) is 2.66. The number of carbonyl (C=O) groups excluding carboxylic acids is 6. The maximum absolute atomic E-state index is 14.0. The zero-order valence-corrected chi connectivity index (χ0v) is 30.8. The number of likely N-dealkylation sites (N-methyl/N-ethyl adjacent to an activating group) is 3. The summed E-state index contributed by atoms with van der Waals surface area (Å²) in [5, 5.41) is 10.7. The number of hydrogen-bond donors (Lipinski definition) is 1. The van der Waals surface area contributed by atoms with Crippen molar-refractivity contribution in [1.29, 1.82) is 0 Å². The summed E-state index contributed by atoms with van der Waals surface area (Å²) >= 11 is 0. The Morgan fingerprint density at radius 3 is 0.957 bits per heavy atom. The molecule has 0 saturated carbocycles. The van der Waals surface area contributed by atoms with Crippen LogP contribution in [0.5, 0.6) is 0 Å². The molecule has 47 heavy (non-hydrogen) atoms. The summed E-state index contributed by atoms with van der Waals surface area (Å²) in [6, 6.07) is -3.85. The molecule has 1 saturated heterocycles. The molecule has 0 radical (unpaired) electrons. The topological polar surface area (TPSA) is 160 Å². The Morgan fingerprint density at radius 1 is 0.511 bits per heavy atom. The first-order valence-electron chi connectivity index (χ1n) is 16.7. The molecule has 0 aromatic rings. The number of carbonyl (C=O) groups is 6. The lowest BCUT2D eigenvalue weighted by molar-refractivity contribution is -0.182. The average molecular weight is 670 g/mol. The number of cyclic esters (lactones) is 3. The van der Waals surface area contributed by atoms with Gasteiger partial charge in [0, 0.05) is 21.1 Å². The first kappa shape index (κ1) is 41.8. The summed E-state index contributed by atoms with van der Waals surface area (Å²) in [5.74, 6) is -7.29. The Kier molecular flexibility index (Phi) is 15.8. The van der Waals surface area contributed by atoms with Gasteiger partial charge in [-0.25, -0.2) is 14.4 Å². The van der Waals surface area contributed by atoms with Gasteiger partial charge in [-0.1, -0.05) is 82.1 Å². The number of aliphatic hydroxyl groups is 1. The lowest BCUT2D eigenvalue weighted by Gasteiger charge is -2.38. The van der Waals surface area contributed by atoms with Crippen molar-refractivity contribution in [2.45, 2.75) is 132 Å². The van der Waals surface area contributed by atoms with Gasteiger partial charge in [-0.3, -0.25) is 14.4 Å². The van der Waals surface area contributed by atoms with Gasteiger partial charge >= 0.3 is 17.9 Å². The van der Waals surface area contributed by atoms with E-state index in [1.54, 1.807) is 55.4 Å². The van der Waals surface area contributed by atoms with Gasteiger partial charge < -0.3 is 34.0 Å². The summed E-state index contributed by atoms with van der Waals surface area (Å²) in [7, 11) is 4.12. The largest absolute Gasteiger partial charge is 0.450 e. The molecule has 0 aromatic heterocycles. The number of rotatable bonds is 8. The van der Waals surface area contributed by atoms with Crippen molar-refractivity contribution in [2.24, 2.45) is 29.6 Å². The molecule has 1 aliphatic heterocycles. The van der Waals surface area contributed by atoms with Gasteiger partial charge in [0.25, 0.3) is 17.7 Å². The van der Waals surface area contributed by atoms with E-state index in [0.717, 1.165) is 4.90 Å². The fourth-order valence-corrected chi connectivity index (χ4v) is 5.68. The zero-order valence-electron chi connectivity index (χ0n) is 30.8. The summed E-state index contributed by atoms with van der Waals surface area (Å²) in [4.78, 5) is 86.5. The molecule has 1 N–H and O–H groups in total. The lowest BCUT2D eigenvalue weighted by Crippen LogP contribution is -2.58. The van der Waals surface area contributed by atoms with E-state index in [2.05, 4.69) is 0 Å². The molecule has 13 nitrogen and oxygen atoms in total. The third-order valence-electron chi connectivity index (χ3n) is 9.12. The number of aliphatic hydroxyl groups excluding tert-OH is 1. The minimum Gasteiger partial charge on any atom is -0.450 e. The van der Waals surface area contributed by atoms with Gasteiger partial charge in [0.1, 0.15) is 12.1 Å². The normalized spacial score (nSPS) is 28.6. The molecular weight excluding hydrogens is 610 g/mol. The minimum atomic E-state index is -1.56. The van der Waals surface area contributed by atoms with Crippen LogP contribution in [0, 0.1) is 29.6 Å². The number of amides is 3. The van der Waals surface area contributed by atoms with Crippen molar-refractivity contribution < 1.29 is 48.1 Å². The van der Waals surface area contributed by atoms with E-state index < -0.39 is 108 Å². The quantitative estimate of drug-likeness (QED) is 0.301. The molecule has 1 aliphatic rings. The third-order valence-corrected chi connectivity index (χ3v) is 9.12. The highest BCUT2D eigenvalue weighted by atomic mass is 16.6. The van der Waals surface area contributed by atoms with Crippen LogP contribution in [0.15, 0.2) is 0 Å². The van der Waals surface area contributed by atoms with Crippen LogP contribution in [0.3, 0.4) is 0 Å². The van der Waals surface area contributed by atoms with Gasteiger partial charge in [0.15, 0.2) is 24.4 Å². The van der Waals surface area contributed by atoms with E-state index in [9.17, 15) is 33.9 Å². The van der Waals surface area contributed by atoms with Gasteiger partial charge in [-0.2, -0.15) is 0 Å². The monoisotopic (exact) mass is 669 g/mol. The minimum absolute atomic E-state index is 0.420. The van der Waals surface area contributed by atoms with Crippen molar-refractivity contribution in [3.8, 4) is 0 Å². The third kappa shape index (κ3) is 9.90. The standard InChI is InChI=1S/C34H59N3O10/c1-15-20(9)23-32(42)45-26(17(3)4)29(39)35(12)24(21(10)16-2)33(43)46-28(19(7)8)31(41)37(14)25(22(11)38)34(44)47-27(18(5)6)30(40)36(23)13/h17-28,38H,15-16H2,1-14H3/t20-,21-,22+,23-,24-,25-,26+,27+,28+/m0/s1. The molecule has 0 aromatic carbocycles. The Morgan fingerprint density at radius 2 is 0.745 bits per heavy atom. The van der Waals surface area contributed by atoms with Crippen LogP contribution in [0.1, 0.15) is 89.0 Å². The first-order chi connectivity index (χ1) is 21.6. The van der Waals surface area contributed by atoms with Crippen molar-refractivity contribution in [3.05, 3.63) is 0 Å². The van der Waals surface area contributed by atoms with Crippen LogP contribution < -0.4 is 0 Å². The molecule has 0 spiro atoms. The van der Waals surface area contributed by atoms with Crippen molar-refractivity contribution in [3.63, 3.8) is 0 Å². The van der Waals surface area contributed by atoms with Crippen molar-refractivity contribution >= 4 is 35.6 Å². The zero-order chi connectivity index (χ0) is 36.7. The molecule has 270 valence electrons. The van der Waals surface area contributed by atoms with E-state index in [1.165, 1.54) is 37.9 Å². The average Bonchev–Trinajstić information content (AvgIpc) is 2.98. The number of hydrogen-bond acceptors (Lipinski definition) is 10. The summed E-state index contributed by atoms with van der Waals surface area (Å²) in [6.45, 7) is 18.5. The smallest absolute Gasteiger partial charge is 0.332 e. The van der Waals surface area contributed by atoms with E-state index in [4.69, 9.17) is 14.2 Å². The summed E-state index contributed by atoms with van der Waals surface area (Å²) < 4.78 is 17.4. The molecular formula is C34H59N3O10. The van der Waals surface area contributed by atoms with E-state index in [0.29, 0.717) is 12.8 Å². The Balaban J connectivity index is 4.00. The van der Waals surface area contributed by atoms with Crippen LogP contribution in [-0.4, -0.2) is 119 Å². The van der Waals surface area contributed by atoms with E-state index in [1.807, 2.05) is 13.8 Å². The summed E-state index contributed by atoms with van der Waals surface area (Å²) in [5.41, 5.74) is 0. The molecule has 1 fully saturated rings. The van der Waals surface area contributed by atoms with Crippen molar-refractivity contribution in [1.82, 2.24) is 14.7 Å². The predicted molar refractivity (Wildman–Crippen MR) is 174 cm³/mol. The molecule has 1 heterocycles. The molecule has 0 unspecified atom stereocenters. The van der Waals surface area contributed by atoms with Crippen molar-refractivity contribution in [2.75, 3.05) is 21.1 Å². The molecule has 13 heteroatoms. The van der Waals surface area contributed by atoms with Gasteiger partial charge in [-0.15, -0.1) is 0 Å². The second-order valence-corrected chi connectivity index (χ2v) is 14.0. The van der Waals surface area contributed by atoms with Crippen LogP contribution >= 0.6 is 0 Å². The van der Waals surface area contributed by atoms with Crippen LogP contribution in [0.25, 0.3) is 0 Å². The van der Waals surface area contributed by atoms with Crippen LogP contribution in [0.2, 0.25) is 0 Å². The van der Waals surface area contributed by atoms with E-state index >= 15 is 0 Å². The molecule has 0 bridgehead atoms. The SMILES string of the molecule is CC[C@H](C)[C@H]1C(=O)O[C@H](C(C)C)C(=O)N(C)[C@@H]([C@@H](C)CC)C(=O)O[C@H](C(C)C)C(=O)N(C)[C@@H]([C@@H](C)O)C(=O)O[C@H](C(C)C)C(=O)N1C. The van der Waals surface area contributed by atoms with Crippen LogP contribution in [0.4, 0.5) is 0 Å². The summed E-state index contributed by atoms with van der Waals surface area (Å²) in [6.07, 6.45) is -4.57. The number of ether oxygens (including phenoxy) is 3.